The van der Waals surface area contributed by atoms with Crippen molar-refractivity contribution in [2.45, 2.75) is 26.7 Å². The van der Waals surface area contributed by atoms with Crippen LogP contribution in [0.1, 0.15) is 23.9 Å². The lowest BCUT2D eigenvalue weighted by Crippen LogP contribution is -2.18. The van der Waals surface area contributed by atoms with Crippen molar-refractivity contribution >= 4 is 0 Å². The van der Waals surface area contributed by atoms with E-state index in [1.165, 1.54) is 0 Å². The monoisotopic (exact) mass is 248 g/mol. The van der Waals surface area contributed by atoms with E-state index in [9.17, 15) is 4.79 Å². The van der Waals surface area contributed by atoms with Crippen molar-refractivity contribution in [3.05, 3.63) is 39.5 Å². The largest absolute Gasteiger partial charge is 0.458 e. The normalized spacial score (nSPS) is 10.8. The number of H-pyrrole nitrogens is 1. The highest BCUT2D eigenvalue weighted by Gasteiger charge is 2.11. The van der Waals surface area contributed by atoms with Crippen LogP contribution in [-0.2, 0) is 12.8 Å². The van der Waals surface area contributed by atoms with Crippen molar-refractivity contribution in [1.82, 2.24) is 9.97 Å². The Morgan fingerprint density at radius 1 is 1.44 bits per heavy atom. The Hall–Kier alpha value is -1.88. The fourth-order valence-electron chi connectivity index (χ4n) is 1.83. The highest BCUT2D eigenvalue weighted by atomic mass is 16.3. The summed E-state index contributed by atoms with van der Waals surface area (Å²) in [6.07, 6.45) is 1.11. The molecule has 2 rings (SSSR count). The van der Waals surface area contributed by atoms with Gasteiger partial charge in [0.15, 0.2) is 11.6 Å². The summed E-state index contributed by atoms with van der Waals surface area (Å²) < 4.78 is 5.55. The molecule has 18 heavy (non-hydrogen) atoms. The van der Waals surface area contributed by atoms with E-state index < -0.39 is 0 Å². The summed E-state index contributed by atoms with van der Waals surface area (Å²) in [5.74, 6) is 1.84. The minimum Gasteiger partial charge on any atom is -0.458 e. The average molecular weight is 248 g/mol. The topological polar surface area (TPSA) is 79.1 Å². The van der Waals surface area contributed by atoms with Crippen LogP contribution in [0.15, 0.2) is 21.3 Å². The first-order valence-electron chi connectivity index (χ1n) is 5.95. The summed E-state index contributed by atoms with van der Waals surface area (Å²) in [4.78, 5) is 18.8. The molecule has 2 N–H and O–H groups in total. The van der Waals surface area contributed by atoms with Crippen LogP contribution in [0.4, 0.5) is 0 Å². The molecule has 0 saturated carbocycles. The summed E-state index contributed by atoms with van der Waals surface area (Å²) in [5.41, 5.74) is 0.918. The molecule has 0 saturated heterocycles. The van der Waals surface area contributed by atoms with Crippen LogP contribution in [-0.4, -0.2) is 21.7 Å². The van der Waals surface area contributed by atoms with Gasteiger partial charge in [-0.1, -0.05) is 6.92 Å². The highest BCUT2D eigenvalue weighted by Crippen LogP contribution is 2.18. The number of aromatic nitrogens is 2. The van der Waals surface area contributed by atoms with Crippen molar-refractivity contribution in [2.24, 2.45) is 0 Å². The van der Waals surface area contributed by atoms with E-state index in [2.05, 4.69) is 9.97 Å². The quantitative estimate of drug-likeness (QED) is 0.858. The van der Waals surface area contributed by atoms with Gasteiger partial charge in [0.05, 0.1) is 0 Å². The first kappa shape index (κ1) is 12.6. The molecule has 0 amide bonds. The van der Waals surface area contributed by atoms with Gasteiger partial charge in [0.25, 0.3) is 5.56 Å². The van der Waals surface area contributed by atoms with Gasteiger partial charge in [0, 0.05) is 30.7 Å². The van der Waals surface area contributed by atoms with Crippen LogP contribution < -0.4 is 5.56 Å². The Kier molecular flexibility index (Phi) is 3.62. The Labute approximate surface area is 105 Å². The molecule has 5 heteroatoms. The Bertz CT molecular complexity index is 599. The van der Waals surface area contributed by atoms with Gasteiger partial charge in [-0.2, -0.15) is 0 Å². The molecule has 2 aromatic rings. The third kappa shape index (κ3) is 2.36. The third-order valence-electron chi connectivity index (χ3n) is 2.83. The van der Waals surface area contributed by atoms with E-state index in [1.807, 2.05) is 13.0 Å². The highest BCUT2D eigenvalue weighted by molar-refractivity contribution is 5.47. The summed E-state index contributed by atoms with van der Waals surface area (Å²) in [5, 5.41) is 8.89. The second kappa shape index (κ2) is 5.18. The van der Waals surface area contributed by atoms with Crippen molar-refractivity contribution in [3.8, 4) is 11.6 Å². The fraction of sp³-hybridized carbons (Fsp3) is 0.385. The maximum Gasteiger partial charge on any atom is 0.254 e. The molecule has 0 fully saturated rings. The SMILES string of the molecule is CCc1ccc(-c2nc(C)c(CCO)c(=O)[nH]2)o1. The molecular formula is C13H16N2O3. The molecule has 0 unspecified atom stereocenters. The van der Waals surface area contributed by atoms with Crippen LogP contribution in [0.2, 0.25) is 0 Å². The molecule has 2 heterocycles. The van der Waals surface area contributed by atoms with Crippen LogP contribution >= 0.6 is 0 Å². The van der Waals surface area contributed by atoms with Crippen molar-refractivity contribution in [2.75, 3.05) is 6.61 Å². The zero-order valence-corrected chi connectivity index (χ0v) is 10.5. The molecular weight excluding hydrogens is 232 g/mol. The van der Waals surface area contributed by atoms with Gasteiger partial charge in [0.1, 0.15) is 5.76 Å². The maximum absolute atomic E-state index is 11.9. The van der Waals surface area contributed by atoms with Gasteiger partial charge in [0.2, 0.25) is 0 Å². The van der Waals surface area contributed by atoms with Crippen LogP contribution in [0.25, 0.3) is 11.6 Å². The lowest BCUT2D eigenvalue weighted by atomic mass is 10.2. The van der Waals surface area contributed by atoms with Crippen molar-refractivity contribution in [3.63, 3.8) is 0 Å². The standard InChI is InChI=1S/C13H16N2O3/c1-3-9-4-5-11(18-9)12-14-8(2)10(6-7-16)13(17)15-12/h4-5,16H,3,6-7H2,1-2H3,(H,14,15,17). The molecule has 0 bridgehead atoms. The van der Waals surface area contributed by atoms with E-state index in [1.54, 1.807) is 13.0 Å². The van der Waals surface area contributed by atoms with Crippen LogP contribution in [0.3, 0.4) is 0 Å². The zero-order valence-electron chi connectivity index (χ0n) is 10.5. The van der Waals surface area contributed by atoms with Gasteiger partial charge >= 0.3 is 0 Å². The molecule has 96 valence electrons. The minimum atomic E-state index is -0.221. The smallest absolute Gasteiger partial charge is 0.254 e. The Balaban J connectivity index is 2.44. The predicted molar refractivity (Wildman–Crippen MR) is 67.5 cm³/mol. The summed E-state index contributed by atoms with van der Waals surface area (Å²) >= 11 is 0. The number of aliphatic hydroxyl groups is 1. The number of furan rings is 1. The Morgan fingerprint density at radius 2 is 2.22 bits per heavy atom. The summed E-state index contributed by atoms with van der Waals surface area (Å²) in [6, 6.07) is 3.66. The van der Waals surface area contributed by atoms with Gasteiger partial charge in [-0.05, 0) is 19.1 Å². The number of aliphatic hydroxyl groups excluding tert-OH is 1. The number of nitrogens with zero attached hydrogens (tertiary/aromatic N) is 1. The van der Waals surface area contributed by atoms with Gasteiger partial charge in [-0.3, -0.25) is 4.79 Å². The number of rotatable bonds is 4. The Morgan fingerprint density at radius 3 is 2.78 bits per heavy atom. The molecule has 0 atom stereocenters. The van der Waals surface area contributed by atoms with Gasteiger partial charge in [-0.15, -0.1) is 0 Å². The first-order valence-corrected chi connectivity index (χ1v) is 5.95. The molecule has 0 aromatic carbocycles. The van der Waals surface area contributed by atoms with E-state index in [4.69, 9.17) is 9.52 Å². The second-order valence-corrected chi connectivity index (χ2v) is 4.07. The number of hydrogen-bond donors (Lipinski definition) is 2. The van der Waals surface area contributed by atoms with Crippen molar-refractivity contribution < 1.29 is 9.52 Å². The lowest BCUT2D eigenvalue weighted by Gasteiger charge is -2.04. The van der Waals surface area contributed by atoms with E-state index in [0.29, 0.717) is 29.3 Å². The van der Waals surface area contributed by atoms with Gasteiger partial charge in [-0.25, -0.2) is 4.98 Å². The number of hydrogen-bond acceptors (Lipinski definition) is 4. The summed E-state index contributed by atoms with van der Waals surface area (Å²) in [6.45, 7) is 3.69. The maximum atomic E-state index is 11.9. The lowest BCUT2D eigenvalue weighted by molar-refractivity contribution is 0.298. The van der Waals surface area contributed by atoms with Crippen LogP contribution in [0, 0.1) is 6.92 Å². The minimum absolute atomic E-state index is 0.0638. The molecule has 0 radical (unpaired) electrons. The van der Waals surface area contributed by atoms with E-state index in [0.717, 1.165) is 12.2 Å². The van der Waals surface area contributed by atoms with E-state index >= 15 is 0 Å². The first-order chi connectivity index (χ1) is 8.65. The molecule has 0 aliphatic rings. The van der Waals surface area contributed by atoms with Crippen molar-refractivity contribution in [1.29, 1.82) is 0 Å². The number of nitrogens with one attached hydrogen (secondary N) is 1. The predicted octanol–water partition coefficient (Wildman–Crippen LogP) is 1.44. The third-order valence-corrected chi connectivity index (χ3v) is 2.83. The summed E-state index contributed by atoms with van der Waals surface area (Å²) in [7, 11) is 0. The number of aryl methyl sites for hydroxylation is 2. The van der Waals surface area contributed by atoms with E-state index in [-0.39, 0.29) is 12.2 Å². The average Bonchev–Trinajstić information content (AvgIpc) is 2.82. The number of aromatic amines is 1. The zero-order chi connectivity index (χ0) is 13.1. The second-order valence-electron chi connectivity index (χ2n) is 4.07. The molecule has 2 aromatic heterocycles. The molecule has 0 spiro atoms. The fourth-order valence-corrected chi connectivity index (χ4v) is 1.83. The van der Waals surface area contributed by atoms with Gasteiger partial charge < -0.3 is 14.5 Å². The molecule has 5 nitrogen and oxygen atoms in total. The molecule has 0 aliphatic carbocycles. The van der Waals surface area contributed by atoms with Crippen LogP contribution in [0.5, 0.6) is 0 Å². The molecule has 0 aliphatic heterocycles.